The van der Waals surface area contributed by atoms with Crippen molar-refractivity contribution < 1.29 is 9.13 Å². The molecule has 2 fully saturated rings. The van der Waals surface area contributed by atoms with Crippen molar-refractivity contribution in [3.8, 4) is 11.4 Å². The zero-order valence-corrected chi connectivity index (χ0v) is 20.3. The smallest absolute Gasteiger partial charge is 0.166 e. The Labute approximate surface area is 204 Å². The summed E-state index contributed by atoms with van der Waals surface area (Å²) in [6.45, 7) is 6.74. The number of fused-ring (bicyclic) bond motifs is 1. The van der Waals surface area contributed by atoms with Crippen molar-refractivity contribution in [1.82, 2.24) is 24.4 Å². The van der Waals surface area contributed by atoms with Crippen molar-refractivity contribution in [1.29, 1.82) is 0 Å². The van der Waals surface area contributed by atoms with Crippen molar-refractivity contribution in [2.24, 2.45) is 0 Å². The van der Waals surface area contributed by atoms with Crippen LogP contribution >= 0.6 is 24.0 Å². The summed E-state index contributed by atoms with van der Waals surface area (Å²) < 4.78 is 20.8. The second kappa shape index (κ2) is 10.5. The van der Waals surface area contributed by atoms with Gasteiger partial charge in [-0.1, -0.05) is 23.7 Å². The summed E-state index contributed by atoms with van der Waals surface area (Å²) in [6, 6.07) is 7.77. The molecule has 0 bridgehead atoms. The minimum absolute atomic E-state index is 0. The highest BCUT2D eigenvalue weighted by Crippen LogP contribution is 2.34. The third kappa shape index (κ3) is 4.94. The van der Waals surface area contributed by atoms with E-state index < -0.39 is 0 Å². The molecule has 2 saturated heterocycles. The first-order chi connectivity index (χ1) is 15.6. The Bertz CT molecular complexity index is 1100. The molecule has 1 aromatic carbocycles. The van der Waals surface area contributed by atoms with Crippen LogP contribution in [-0.4, -0.2) is 76.5 Å². The molecule has 5 rings (SSSR count). The van der Waals surface area contributed by atoms with Gasteiger partial charge in [-0.2, -0.15) is 0 Å². The van der Waals surface area contributed by atoms with Gasteiger partial charge in [0.25, 0.3) is 0 Å². The highest BCUT2D eigenvalue weighted by atomic mass is 35.5. The highest BCUT2D eigenvalue weighted by molar-refractivity contribution is 6.33. The molecule has 0 saturated carbocycles. The number of rotatable bonds is 6. The van der Waals surface area contributed by atoms with Crippen LogP contribution in [-0.2, 0) is 11.3 Å². The van der Waals surface area contributed by atoms with E-state index in [1.54, 1.807) is 0 Å². The molecule has 0 radical (unpaired) electrons. The number of nitrogens with zero attached hydrogens (tertiary/aromatic N) is 6. The van der Waals surface area contributed by atoms with E-state index in [0.717, 1.165) is 74.0 Å². The van der Waals surface area contributed by atoms with Crippen LogP contribution in [0.15, 0.2) is 24.3 Å². The van der Waals surface area contributed by atoms with Crippen LogP contribution in [0, 0.1) is 6.92 Å². The molecule has 0 spiro atoms. The van der Waals surface area contributed by atoms with Crippen LogP contribution in [0.3, 0.4) is 0 Å². The third-order valence-corrected chi connectivity index (χ3v) is 6.62. The van der Waals surface area contributed by atoms with Gasteiger partial charge < -0.3 is 14.2 Å². The molecular weight excluding hydrogens is 466 g/mol. The van der Waals surface area contributed by atoms with Gasteiger partial charge in [0.05, 0.1) is 17.7 Å². The lowest BCUT2D eigenvalue weighted by molar-refractivity contribution is 0.0981. The molecule has 2 aromatic heterocycles. The minimum atomic E-state index is -0.314. The number of imidazole rings is 1. The average molecular weight is 495 g/mol. The number of hydrogen-bond acceptors (Lipinski definition) is 6. The number of aromatic nitrogens is 4. The summed E-state index contributed by atoms with van der Waals surface area (Å²) in [5.41, 5.74) is 2.47. The van der Waals surface area contributed by atoms with E-state index in [-0.39, 0.29) is 25.2 Å². The van der Waals surface area contributed by atoms with Crippen molar-refractivity contribution in [2.45, 2.75) is 32.4 Å². The Morgan fingerprint density at radius 1 is 1.12 bits per heavy atom. The Morgan fingerprint density at radius 3 is 2.61 bits per heavy atom. The number of aryl methyl sites for hydroxylation is 1. The Kier molecular flexibility index (Phi) is 7.69. The number of alkyl halides is 1. The van der Waals surface area contributed by atoms with E-state index in [0.29, 0.717) is 23.9 Å². The zero-order chi connectivity index (χ0) is 22.1. The summed E-state index contributed by atoms with van der Waals surface area (Å²) in [5, 5.41) is 0.655. The average Bonchev–Trinajstić information content (AvgIpc) is 3.43. The third-order valence-electron chi connectivity index (χ3n) is 6.29. The number of halogens is 3. The summed E-state index contributed by atoms with van der Waals surface area (Å²) in [7, 11) is 0. The molecule has 10 heteroatoms. The van der Waals surface area contributed by atoms with Gasteiger partial charge in [0, 0.05) is 44.9 Å². The van der Waals surface area contributed by atoms with Crippen LogP contribution in [0.2, 0.25) is 5.02 Å². The molecule has 1 atom stereocenters. The van der Waals surface area contributed by atoms with E-state index >= 15 is 0 Å². The fraction of sp³-hybridized carbons (Fsp3) is 0.522. The van der Waals surface area contributed by atoms with Crippen molar-refractivity contribution in [3.63, 3.8) is 0 Å². The first-order valence-electron chi connectivity index (χ1n) is 11.3. The number of benzene rings is 1. The Hall–Kier alpha value is -2.00. The highest BCUT2D eigenvalue weighted by Gasteiger charge is 2.27. The van der Waals surface area contributed by atoms with Gasteiger partial charge in [-0.05, 0) is 31.9 Å². The summed E-state index contributed by atoms with van der Waals surface area (Å²) in [6.07, 6.45) is 2.23. The Balaban J connectivity index is 0.00000259. The van der Waals surface area contributed by atoms with E-state index in [1.165, 1.54) is 0 Å². The van der Waals surface area contributed by atoms with E-state index in [9.17, 15) is 4.39 Å². The molecule has 0 aliphatic carbocycles. The molecule has 3 aromatic rings. The maximum Gasteiger partial charge on any atom is 0.166 e. The quantitative estimate of drug-likeness (QED) is 0.512. The first-order valence-corrected chi connectivity index (χ1v) is 11.7. The summed E-state index contributed by atoms with van der Waals surface area (Å²) in [5.74, 6) is 2.34. The molecule has 1 unspecified atom stereocenters. The maximum absolute atomic E-state index is 12.8. The molecule has 178 valence electrons. The topological polar surface area (TPSA) is 59.3 Å². The van der Waals surface area contributed by atoms with Gasteiger partial charge >= 0.3 is 0 Å². The van der Waals surface area contributed by atoms with E-state index in [1.807, 2.05) is 31.2 Å². The zero-order valence-electron chi connectivity index (χ0n) is 18.7. The molecule has 7 nitrogen and oxygen atoms in total. The van der Waals surface area contributed by atoms with Gasteiger partial charge in [0.15, 0.2) is 17.0 Å². The normalized spacial score (nSPS) is 19.2. The fourth-order valence-electron chi connectivity index (χ4n) is 4.63. The standard InChI is InChI=1S/C23H28ClFN6O.ClH/c1-16-26-22(30-12-10-29(9-8-25)11-13-30)20-23(27-16)31(15-17-5-4-14-32-17)21(28-20)18-6-2-3-7-19(18)24;/h2-3,6-7,17H,4-5,8-15H2,1H3;1H. The number of piperazine rings is 1. The van der Waals surface area contributed by atoms with Crippen LogP contribution in [0.1, 0.15) is 18.7 Å². The lowest BCUT2D eigenvalue weighted by Gasteiger charge is -2.34. The van der Waals surface area contributed by atoms with Crippen molar-refractivity contribution in [2.75, 3.05) is 50.9 Å². The van der Waals surface area contributed by atoms with Crippen molar-refractivity contribution in [3.05, 3.63) is 35.1 Å². The van der Waals surface area contributed by atoms with E-state index in [2.05, 4.69) is 14.4 Å². The van der Waals surface area contributed by atoms with Crippen LogP contribution in [0.25, 0.3) is 22.6 Å². The number of hydrogen-bond donors (Lipinski definition) is 0. The predicted molar refractivity (Wildman–Crippen MR) is 131 cm³/mol. The molecule has 4 heterocycles. The second-order valence-electron chi connectivity index (χ2n) is 8.45. The lowest BCUT2D eigenvalue weighted by Crippen LogP contribution is -2.47. The molecule has 0 N–H and O–H groups in total. The van der Waals surface area contributed by atoms with Gasteiger partial charge in [0.1, 0.15) is 18.3 Å². The van der Waals surface area contributed by atoms with Gasteiger partial charge in [-0.15, -0.1) is 12.4 Å². The minimum Gasteiger partial charge on any atom is -0.376 e. The summed E-state index contributed by atoms with van der Waals surface area (Å²) >= 11 is 6.57. The largest absolute Gasteiger partial charge is 0.376 e. The predicted octanol–water partition coefficient (Wildman–Crippen LogP) is 4.15. The maximum atomic E-state index is 12.8. The van der Waals surface area contributed by atoms with Gasteiger partial charge in [-0.3, -0.25) is 4.90 Å². The van der Waals surface area contributed by atoms with Crippen molar-refractivity contribution >= 4 is 41.0 Å². The molecule has 2 aliphatic rings. The number of ether oxygens (including phenoxy) is 1. The van der Waals surface area contributed by atoms with Crippen LogP contribution < -0.4 is 4.90 Å². The first kappa shape index (κ1) is 24.1. The molecule has 33 heavy (non-hydrogen) atoms. The molecule has 0 amide bonds. The summed E-state index contributed by atoms with van der Waals surface area (Å²) in [4.78, 5) is 19.0. The lowest BCUT2D eigenvalue weighted by atomic mass is 10.2. The van der Waals surface area contributed by atoms with Gasteiger partial charge in [0.2, 0.25) is 0 Å². The number of anilines is 1. The fourth-order valence-corrected chi connectivity index (χ4v) is 4.85. The van der Waals surface area contributed by atoms with Crippen LogP contribution in [0.5, 0.6) is 0 Å². The Morgan fingerprint density at radius 2 is 1.91 bits per heavy atom. The molecular formula is C23H29Cl2FN6O. The van der Waals surface area contributed by atoms with E-state index in [4.69, 9.17) is 31.3 Å². The van der Waals surface area contributed by atoms with Crippen LogP contribution in [0.4, 0.5) is 10.2 Å². The monoisotopic (exact) mass is 494 g/mol. The second-order valence-corrected chi connectivity index (χ2v) is 8.85. The molecule has 2 aliphatic heterocycles. The SMILES string of the molecule is Cc1nc(N2CCN(CCF)CC2)c2nc(-c3ccccc3Cl)n(CC3CCCO3)c2n1.Cl. The van der Waals surface area contributed by atoms with Gasteiger partial charge in [-0.25, -0.2) is 19.3 Å².